The third-order valence-corrected chi connectivity index (χ3v) is 2.51. The fourth-order valence-electron chi connectivity index (χ4n) is 1.52. The van der Waals surface area contributed by atoms with Crippen LogP contribution in [-0.4, -0.2) is 18.1 Å². The third-order valence-electron chi connectivity index (χ3n) is 2.51. The molecule has 2 unspecified atom stereocenters. The summed E-state index contributed by atoms with van der Waals surface area (Å²) in [6, 6.07) is 9.29. The Morgan fingerprint density at radius 3 is 2.69 bits per heavy atom. The van der Waals surface area contributed by atoms with Gasteiger partial charge < -0.3 is 4.74 Å². The molecular weight excluding hydrogens is 206 g/mol. The van der Waals surface area contributed by atoms with Gasteiger partial charge in [0, 0.05) is 6.04 Å². The minimum absolute atomic E-state index is 0.0169. The highest BCUT2D eigenvalue weighted by molar-refractivity contribution is 5.76. The van der Waals surface area contributed by atoms with Crippen LogP contribution in [0.25, 0.3) is 0 Å². The van der Waals surface area contributed by atoms with Crippen LogP contribution in [0.4, 0.5) is 0 Å². The second-order valence-corrected chi connectivity index (χ2v) is 3.77. The maximum absolute atomic E-state index is 11.7. The van der Waals surface area contributed by atoms with E-state index < -0.39 is 0 Å². The van der Waals surface area contributed by atoms with Gasteiger partial charge in [-0.2, -0.15) is 5.53 Å². The van der Waals surface area contributed by atoms with E-state index in [0.717, 1.165) is 5.56 Å². The van der Waals surface area contributed by atoms with Crippen molar-refractivity contribution in [2.24, 2.45) is 0 Å². The Kier molecular flexibility index (Phi) is 3.51. The molecule has 1 aromatic rings. The zero-order valence-corrected chi connectivity index (χ0v) is 9.07. The van der Waals surface area contributed by atoms with E-state index in [4.69, 9.17) is 4.74 Å². The molecule has 0 bridgehead atoms. The number of ether oxygens (including phenoxy) is 1. The van der Waals surface area contributed by atoms with Crippen LogP contribution < -0.4 is 16.4 Å². The van der Waals surface area contributed by atoms with Gasteiger partial charge in [0.25, 0.3) is 0 Å². The Balaban J connectivity index is 1.84. The minimum atomic E-state index is -0.344. The first-order valence-corrected chi connectivity index (χ1v) is 5.24. The molecule has 0 aliphatic carbocycles. The van der Waals surface area contributed by atoms with Crippen LogP contribution in [0.1, 0.15) is 12.5 Å². The summed E-state index contributed by atoms with van der Waals surface area (Å²) in [6.07, 6.45) is 0. The molecule has 3 N–H and O–H groups in total. The molecule has 1 aliphatic rings. The van der Waals surface area contributed by atoms with E-state index in [1.165, 1.54) is 0 Å². The molecule has 0 saturated carbocycles. The molecule has 1 aliphatic heterocycles. The molecule has 1 aromatic carbocycles. The minimum Gasteiger partial charge on any atom is -0.460 e. The van der Waals surface area contributed by atoms with Crippen LogP contribution >= 0.6 is 0 Å². The van der Waals surface area contributed by atoms with Gasteiger partial charge in [0.2, 0.25) is 0 Å². The van der Waals surface area contributed by atoms with Gasteiger partial charge in [-0.15, -0.1) is 0 Å². The molecule has 1 saturated heterocycles. The summed E-state index contributed by atoms with van der Waals surface area (Å²) in [5.41, 5.74) is 9.38. The zero-order valence-electron chi connectivity index (χ0n) is 9.07. The number of rotatable bonds is 3. The average Bonchev–Trinajstić information content (AvgIpc) is 2.74. The quantitative estimate of drug-likeness (QED) is 0.632. The molecule has 1 fully saturated rings. The third kappa shape index (κ3) is 2.57. The molecule has 2 atom stereocenters. The monoisotopic (exact) mass is 221 g/mol. The van der Waals surface area contributed by atoms with Crippen LogP contribution in [-0.2, 0) is 16.1 Å². The van der Waals surface area contributed by atoms with E-state index >= 15 is 0 Å². The summed E-state index contributed by atoms with van der Waals surface area (Å²) in [6.45, 7) is 2.21. The lowest BCUT2D eigenvalue weighted by molar-refractivity contribution is -0.147. The number of hydrazine groups is 2. The van der Waals surface area contributed by atoms with Gasteiger partial charge in [-0.25, -0.2) is 10.9 Å². The summed E-state index contributed by atoms with van der Waals surface area (Å²) < 4.78 is 5.20. The first kappa shape index (κ1) is 11.1. The van der Waals surface area contributed by atoms with E-state index in [-0.39, 0.29) is 18.1 Å². The number of carbonyl (C=O) groups is 1. The maximum Gasteiger partial charge on any atom is 0.326 e. The summed E-state index contributed by atoms with van der Waals surface area (Å²) >= 11 is 0. The second-order valence-electron chi connectivity index (χ2n) is 3.77. The molecule has 1 heterocycles. The Labute approximate surface area is 94.1 Å². The molecular formula is C11H15N3O2. The molecule has 5 heteroatoms. The number of carbonyl (C=O) groups excluding carboxylic acids is 1. The molecule has 16 heavy (non-hydrogen) atoms. The van der Waals surface area contributed by atoms with Crippen LogP contribution in [0, 0.1) is 0 Å². The van der Waals surface area contributed by atoms with E-state index in [1.54, 1.807) is 0 Å². The number of hydrogen-bond acceptors (Lipinski definition) is 5. The van der Waals surface area contributed by atoms with Crippen LogP contribution in [0.3, 0.4) is 0 Å². The van der Waals surface area contributed by atoms with Crippen LogP contribution in [0.2, 0.25) is 0 Å². The predicted octanol–water partition coefficient (Wildman–Crippen LogP) is 0.0993. The normalized spacial score (nSPS) is 24.3. The van der Waals surface area contributed by atoms with Crippen molar-refractivity contribution >= 4 is 5.97 Å². The van der Waals surface area contributed by atoms with Crippen molar-refractivity contribution in [3.05, 3.63) is 35.9 Å². The van der Waals surface area contributed by atoms with Crippen LogP contribution in [0.15, 0.2) is 30.3 Å². The fourth-order valence-corrected chi connectivity index (χ4v) is 1.52. The van der Waals surface area contributed by atoms with E-state index in [0.29, 0.717) is 6.61 Å². The van der Waals surface area contributed by atoms with Crippen molar-refractivity contribution in [2.45, 2.75) is 25.6 Å². The van der Waals surface area contributed by atoms with Gasteiger partial charge in [-0.3, -0.25) is 4.79 Å². The zero-order chi connectivity index (χ0) is 11.4. The summed E-state index contributed by atoms with van der Waals surface area (Å²) in [7, 11) is 0. The molecule has 0 spiro atoms. The van der Waals surface area contributed by atoms with Gasteiger partial charge in [-0.05, 0) is 12.5 Å². The van der Waals surface area contributed by atoms with Gasteiger partial charge in [0.15, 0.2) is 0 Å². The summed E-state index contributed by atoms with van der Waals surface area (Å²) in [5.74, 6) is -0.256. The topological polar surface area (TPSA) is 62.4 Å². The molecule has 0 radical (unpaired) electrons. The Bertz CT molecular complexity index is 356. The first-order valence-electron chi connectivity index (χ1n) is 5.24. The maximum atomic E-state index is 11.7. The molecule has 5 nitrogen and oxygen atoms in total. The van der Waals surface area contributed by atoms with Gasteiger partial charge in [0.1, 0.15) is 12.6 Å². The SMILES string of the molecule is CC1NNNC1C(=O)OCc1ccccc1. The average molecular weight is 221 g/mol. The van der Waals surface area contributed by atoms with Crippen molar-refractivity contribution in [1.82, 2.24) is 16.4 Å². The van der Waals surface area contributed by atoms with E-state index in [9.17, 15) is 4.79 Å². The highest BCUT2D eigenvalue weighted by Gasteiger charge is 2.30. The number of esters is 1. The molecule has 2 rings (SSSR count). The van der Waals surface area contributed by atoms with E-state index in [2.05, 4.69) is 16.4 Å². The first-order chi connectivity index (χ1) is 7.77. The largest absolute Gasteiger partial charge is 0.460 e. The van der Waals surface area contributed by atoms with Gasteiger partial charge >= 0.3 is 5.97 Å². The summed E-state index contributed by atoms with van der Waals surface area (Å²) in [4.78, 5) is 11.7. The van der Waals surface area contributed by atoms with Gasteiger partial charge in [-0.1, -0.05) is 30.3 Å². The lowest BCUT2D eigenvalue weighted by Gasteiger charge is -2.12. The predicted molar refractivity (Wildman–Crippen MR) is 58.9 cm³/mol. The van der Waals surface area contributed by atoms with E-state index in [1.807, 2.05) is 37.3 Å². The van der Waals surface area contributed by atoms with Gasteiger partial charge in [0.05, 0.1) is 0 Å². The highest BCUT2D eigenvalue weighted by Crippen LogP contribution is 2.04. The Hall–Kier alpha value is -1.43. The number of hydrogen-bond donors (Lipinski definition) is 3. The highest BCUT2D eigenvalue weighted by atomic mass is 16.5. The lowest BCUT2D eigenvalue weighted by atomic mass is 10.2. The number of nitrogens with one attached hydrogen (secondary N) is 3. The van der Waals surface area contributed by atoms with Crippen LogP contribution in [0.5, 0.6) is 0 Å². The Morgan fingerprint density at radius 2 is 2.06 bits per heavy atom. The second kappa shape index (κ2) is 5.07. The molecule has 0 amide bonds. The standard InChI is InChI=1S/C11H15N3O2/c1-8-10(13-14-12-8)11(15)16-7-9-5-3-2-4-6-9/h2-6,8,10,12-14H,7H2,1H3. The summed E-state index contributed by atoms with van der Waals surface area (Å²) in [5, 5.41) is 0. The number of benzene rings is 1. The fraction of sp³-hybridized carbons (Fsp3) is 0.364. The lowest BCUT2D eigenvalue weighted by Crippen LogP contribution is -2.40. The van der Waals surface area contributed by atoms with Crippen molar-refractivity contribution in [1.29, 1.82) is 0 Å². The van der Waals surface area contributed by atoms with Crippen molar-refractivity contribution < 1.29 is 9.53 Å². The smallest absolute Gasteiger partial charge is 0.326 e. The van der Waals surface area contributed by atoms with Crippen molar-refractivity contribution in [2.75, 3.05) is 0 Å². The molecule has 86 valence electrons. The van der Waals surface area contributed by atoms with Crippen molar-refractivity contribution in [3.63, 3.8) is 0 Å². The molecule has 0 aromatic heterocycles. The Morgan fingerprint density at radius 1 is 1.31 bits per heavy atom. The van der Waals surface area contributed by atoms with Crippen molar-refractivity contribution in [3.8, 4) is 0 Å².